The normalized spacial score (nSPS) is 20.2. The highest BCUT2D eigenvalue weighted by Gasteiger charge is 2.44. The summed E-state index contributed by atoms with van der Waals surface area (Å²) >= 11 is 6.10. The summed E-state index contributed by atoms with van der Waals surface area (Å²) in [7, 11) is 3.96. The first-order valence-corrected chi connectivity index (χ1v) is 11.0. The summed E-state index contributed by atoms with van der Waals surface area (Å²) in [5.41, 5.74) is 11.1. The minimum absolute atomic E-state index is 0.0668. The molecule has 0 radical (unpaired) electrons. The summed E-state index contributed by atoms with van der Waals surface area (Å²) in [6, 6.07) is 17.6. The summed E-state index contributed by atoms with van der Waals surface area (Å²) in [6.07, 6.45) is 1.12. The second-order valence-electron chi connectivity index (χ2n) is 9.44. The molecule has 0 fully saturated rings. The Morgan fingerprint density at radius 2 is 1.72 bits per heavy atom. The number of nitrogens with zero attached hydrogens (tertiary/aromatic N) is 3. The number of carbonyl (C=O) groups is 1. The second-order valence-corrected chi connectivity index (χ2v) is 9.88. The smallest absolute Gasteiger partial charge is 0.162 e. The third-order valence-corrected chi connectivity index (χ3v) is 6.46. The molecule has 0 unspecified atom stereocenters. The zero-order valence-electron chi connectivity index (χ0n) is 18.8. The number of hydrogen-bond acceptors (Lipinski definition) is 5. The number of benzene rings is 2. The molecule has 0 saturated carbocycles. The van der Waals surface area contributed by atoms with Crippen molar-refractivity contribution in [1.82, 2.24) is 0 Å². The highest BCUT2D eigenvalue weighted by molar-refractivity contribution is 6.30. The van der Waals surface area contributed by atoms with Gasteiger partial charge in [0.1, 0.15) is 5.82 Å². The van der Waals surface area contributed by atoms with E-state index in [1.807, 2.05) is 60.3 Å². The van der Waals surface area contributed by atoms with Gasteiger partial charge in [-0.1, -0.05) is 37.6 Å². The second kappa shape index (κ2) is 8.03. The number of anilines is 2. The molecule has 164 valence electrons. The molecule has 1 aliphatic carbocycles. The van der Waals surface area contributed by atoms with Gasteiger partial charge < -0.3 is 10.6 Å². The lowest BCUT2D eigenvalue weighted by molar-refractivity contribution is -0.118. The van der Waals surface area contributed by atoms with Crippen LogP contribution < -0.4 is 15.5 Å². The van der Waals surface area contributed by atoms with Crippen molar-refractivity contribution in [2.24, 2.45) is 11.1 Å². The van der Waals surface area contributed by atoms with E-state index in [1.165, 1.54) is 0 Å². The van der Waals surface area contributed by atoms with Crippen molar-refractivity contribution in [3.8, 4) is 6.07 Å². The Bertz CT molecular complexity index is 1170. The van der Waals surface area contributed by atoms with E-state index in [1.54, 1.807) is 12.1 Å². The molecule has 6 heteroatoms. The number of Topliss-reactive ketones (excluding diaryl/α,β-unsaturated/α-hetero) is 1. The van der Waals surface area contributed by atoms with Crippen LogP contribution in [0.3, 0.4) is 0 Å². The molecule has 1 heterocycles. The van der Waals surface area contributed by atoms with E-state index in [0.29, 0.717) is 34.8 Å². The number of nitrogens with two attached hydrogens (primary N) is 1. The minimum atomic E-state index is -0.474. The largest absolute Gasteiger partial charge is 0.384 e. The van der Waals surface area contributed by atoms with E-state index < -0.39 is 5.92 Å². The van der Waals surface area contributed by atoms with Gasteiger partial charge in [-0.15, -0.1) is 0 Å². The molecule has 32 heavy (non-hydrogen) atoms. The third-order valence-electron chi connectivity index (χ3n) is 6.21. The van der Waals surface area contributed by atoms with Crippen molar-refractivity contribution in [1.29, 1.82) is 5.26 Å². The Labute approximate surface area is 194 Å². The van der Waals surface area contributed by atoms with Crippen LogP contribution in [0.15, 0.2) is 71.2 Å². The molecule has 0 amide bonds. The molecule has 0 saturated heterocycles. The Balaban J connectivity index is 1.95. The summed E-state index contributed by atoms with van der Waals surface area (Å²) in [4.78, 5) is 17.4. The lowest BCUT2D eigenvalue weighted by Crippen LogP contribution is -2.42. The van der Waals surface area contributed by atoms with Gasteiger partial charge in [0.2, 0.25) is 0 Å². The highest BCUT2D eigenvalue weighted by Crippen LogP contribution is 2.50. The van der Waals surface area contributed by atoms with Crippen LogP contribution in [-0.4, -0.2) is 19.9 Å². The molecule has 1 aliphatic heterocycles. The zero-order valence-corrected chi connectivity index (χ0v) is 19.6. The molecular formula is C26H27ClN4O. The maximum atomic E-state index is 13.5. The quantitative estimate of drug-likeness (QED) is 0.688. The SMILES string of the molecule is CN(C)c1ccc([C@H]2C(C#N)=C(N)N(c3ccc(Cl)cc3)C3=C2C(=O)CC(C)(C)C3)cc1. The molecule has 4 rings (SSSR count). The number of hydrogen-bond donors (Lipinski definition) is 1. The van der Waals surface area contributed by atoms with E-state index in [2.05, 4.69) is 19.9 Å². The summed E-state index contributed by atoms with van der Waals surface area (Å²) in [6.45, 7) is 4.19. The Morgan fingerprint density at radius 1 is 1.09 bits per heavy atom. The number of carbonyl (C=O) groups excluding carboxylic acids is 1. The molecule has 2 aromatic rings. The first kappa shape index (κ1) is 22.0. The van der Waals surface area contributed by atoms with Gasteiger partial charge in [0.15, 0.2) is 5.78 Å². The van der Waals surface area contributed by atoms with Crippen molar-refractivity contribution >= 4 is 28.8 Å². The summed E-state index contributed by atoms with van der Waals surface area (Å²) < 4.78 is 0. The fraction of sp³-hybridized carbons (Fsp3) is 0.308. The summed E-state index contributed by atoms with van der Waals surface area (Å²) in [5, 5.41) is 10.8. The van der Waals surface area contributed by atoms with Gasteiger partial charge in [0.25, 0.3) is 0 Å². The van der Waals surface area contributed by atoms with Crippen LogP contribution in [0.25, 0.3) is 0 Å². The van der Waals surface area contributed by atoms with E-state index >= 15 is 0 Å². The van der Waals surface area contributed by atoms with E-state index in [4.69, 9.17) is 17.3 Å². The van der Waals surface area contributed by atoms with E-state index in [9.17, 15) is 10.1 Å². The fourth-order valence-electron chi connectivity index (χ4n) is 4.69. The maximum Gasteiger partial charge on any atom is 0.162 e. The number of halogens is 1. The Hall–Kier alpha value is -3.23. The van der Waals surface area contributed by atoms with Gasteiger partial charge in [0.05, 0.1) is 17.6 Å². The standard InChI is InChI=1S/C26H27ClN4O/c1-26(2)13-21-24(22(32)14-26)23(16-5-9-18(10-6-16)30(3)4)20(15-28)25(29)31(21)19-11-7-17(27)8-12-19/h5-12,23H,13-14,29H2,1-4H3/t23-/m0/s1. The van der Waals surface area contributed by atoms with Gasteiger partial charge in [0, 0.05) is 48.2 Å². The predicted molar refractivity (Wildman–Crippen MR) is 129 cm³/mol. The van der Waals surface area contributed by atoms with E-state index in [-0.39, 0.29) is 11.2 Å². The van der Waals surface area contributed by atoms with Crippen LogP contribution in [0.1, 0.15) is 38.2 Å². The fourth-order valence-corrected chi connectivity index (χ4v) is 4.82. The van der Waals surface area contributed by atoms with Crippen LogP contribution in [0, 0.1) is 16.7 Å². The lowest BCUT2D eigenvalue weighted by Gasteiger charge is -2.43. The maximum absolute atomic E-state index is 13.5. The molecule has 0 bridgehead atoms. The number of rotatable bonds is 3. The molecule has 1 atom stereocenters. The van der Waals surface area contributed by atoms with Crippen molar-refractivity contribution in [2.45, 2.75) is 32.6 Å². The lowest BCUT2D eigenvalue weighted by atomic mass is 9.68. The topological polar surface area (TPSA) is 73.4 Å². The van der Waals surface area contributed by atoms with Crippen molar-refractivity contribution < 1.29 is 4.79 Å². The molecule has 2 N–H and O–H groups in total. The molecule has 0 spiro atoms. The Morgan fingerprint density at radius 3 is 2.28 bits per heavy atom. The first-order valence-electron chi connectivity index (χ1n) is 10.6. The molecule has 2 aliphatic rings. The Kier molecular flexibility index (Phi) is 5.52. The van der Waals surface area contributed by atoms with Gasteiger partial charge >= 0.3 is 0 Å². The van der Waals surface area contributed by atoms with Crippen molar-refractivity contribution in [2.75, 3.05) is 23.9 Å². The molecule has 0 aromatic heterocycles. The van der Waals surface area contributed by atoms with Crippen LogP contribution >= 0.6 is 11.6 Å². The average Bonchev–Trinajstić information content (AvgIpc) is 2.73. The van der Waals surface area contributed by atoms with Gasteiger partial charge in [-0.2, -0.15) is 5.26 Å². The number of allylic oxidation sites excluding steroid dienone is 3. The van der Waals surface area contributed by atoms with Crippen LogP contribution in [0.4, 0.5) is 11.4 Å². The van der Waals surface area contributed by atoms with Gasteiger partial charge in [-0.05, 0) is 53.8 Å². The molecule has 2 aromatic carbocycles. The third kappa shape index (κ3) is 3.76. The monoisotopic (exact) mass is 446 g/mol. The molecule has 5 nitrogen and oxygen atoms in total. The summed E-state index contributed by atoms with van der Waals surface area (Å²) in [5.74, 6) is -0.0451. The minimum Gasteiger partial charge on any atom is -0.384 e. The van der Waals surface area contributed by atoms with Crippen molar-refractivity contribution in [3.05, 3.63) is 81.8 Å². The van der Waals surface area contributed by atoms with Crippen LogP contribution in [0.2, 0.25) is 5.02 Å². The predicted octanol–water partition coefficient (Wildman–Crippen LogP) is 5.35. The van der Waals surface area contributed by atoms with Gasteiger partial charge in [-0.25, -0.2) is 0 Å². The number of ketones is 1. The number of nitriles is 1. The highest BCUT2D eigenvalue weighted by atomic mass is 35.5. The average molecular weight is 447 g/mol. The van der Waals surface area contributed by atoms with Crippen LogP contribution in [-0.2, 0) is 4.79 Å². The van der Waals surface area contributed by atoms with Crippen LogP contribution in [0.5, 0.6) is 0 Å². The zero-order chi connectivity index (χ0) is 23.2. The van der Waals surface area contributed by atoms with Gasteiger partial charge in [-0.3, -0.25) is 9.69 Å². The molecular weight excluding hydrogens is 420 g/mol. The van der Waals surface area contributed by atoms with E-state index in [0.717, 1.165) is 22.6 Å². The van der Waals surface area contributed by atoms with Crippen molar-refractivity contribution in [3.63, 3.8) is 0 Å². The first-order chi connectivity index (χ1) is 15.1.